The maximum absolute atomic E-state index is 12.6. The van der Waals surface area contributed by atoms with Gasteiger partial charge in [-0.25, -0.2) is 4.79 Å². The molecule has 1 heterocycles. The average Bonchev–Trinajstić information content (AvgIpc) is 2.75. The van der Waals surface area contributed by atoms with E-state index in [2.05, 4.69) is 12.2 Å². The van der Waals surface area contributed by atoms with E-state index < -0.39 is 0 Å². The number of halogens is 1. The maximum Gasteiger partial charge on any atom is 0.321 e. The highest BCUT2D eigenvalue weighted by atomic mass is 35.5. The van der Waals surface area contributed by atoms with Crippen molar-refractivity contribution in [3.8, 4) is 5.75 Å². The first kappa shape index (κ1) is 22.0. The molecule has 0 unspecified atom stereocenters. The van der Waals surface area contributed by atoms with Gasteiger partial charge in [0.2, 0.25) is 0 Å². The lowest BCUT2D eigenvalue weighted by molar-refractivity contribution is 0.0697. The summed E-state index contributed by atoms with van der Waals surface area (Å²) < 4.78 is 5.62. The molecule has 0 bridgehead atoms. The Hall–Kier alpha value is -2.73. The van der Waals surface area contributed by atoms with Crippen LogP contribution in [0.3, 0.4) is 0 Å². The summed E-state index contributed by atoms with van der Waals surface area (Å²) in [7, 11) is 1.70. The predicted octanol–water partition coefficient (Wildman–Crippen LogP) is 4.75. The van der Waals surface area contributed by atoms with Gasteiger partial charge < -0.3 is 19.9 Å². The van der Waals surface area contributed by atoms with Crippen molar-refractivity contribution in [3.63, 3.8) is 0 Å². The molecule has 0 saturated carbocycles. The number of nitrogens with zero attached hydrogens (tertiary/aromatic N) is 2. The van der Waals surface area contributed by atoms with Crippen LogP contribution in [0.5, 0.6) is 5.75 Å². The summed E-state index contributed by atoms with van der Waals surface area (Å²) in [5.41, 5.74) is 1.29. The lowest BCUT2D eigenvalue weighted by Gasteiger charge is -2.30. The molecule has 3 amide bonds. The SMILES string of the molecule is CC1CCN(C(=O)c2ccc(NC(=O)N(C)CCOc3ccc(Cl)cc3)cc2)CC1. The second-order valence-corrected chi connectivity index (χ2v) is 8.14. The normalized spacial score (nSPS) is 14.3. The molecule has 160 valence electrons. The van der Waals surface area contributed by atoms with Gasteiger partial charge in [-0.2, -0.15) is 0 Å². The minimum absolute atomic E-state index is 0.0521. The topological polar surface area (TPSA) is 61.9 Å². The zero-order valence-electron chi connectivity index (χ0n) is 17.4. The van der Waals surface area contributed by atoms with E-state index >= 15 is 0 Å². The molecule has 1 aliphatic rings. The molecule has 0 aliphatic carbocycles. The Morgan fingerprint density at radius 1 is 1.10 bits per heavy atom. The van der Waals surface area contributed by atoms with Crippen LogP contribution >= 0.6 is 11.6 Å². The smallest absolute Gasteiger partial charge is 0.321 e. The van der Waals surface area contributed by atoms with Crippen LogP contribution in [0, 0.1) is 5.92 Å². The molecule has 30 heavy (non-hydrogen) atoms. The Labute approximate surface area is 182 Å². The molecule has 1 fully saturated rings. The number of anilines is 1. The molecule has 0 atom stereocenters. The fraction of sp³-hybridized carbons (Fsp3) is 0.391. The number of nitrogens with one attached hydrogen (secondary N) is 1. The van der Waals surface area contributed by atoms with Crippen molar-refractivity contribution < 1.29 is 14.3 Å². The lowest BCUT2D eigenvalue weighted by atomic mass is 9.98. The average molecular weight is 430 g/mol. The van der Waals surface area contributed by atoms with Crippen molar-refractivity contribution in [1.82, 2.24) is 9.80 Å². The van der Waals surface area contributed by atoms with Gasteiger partial charge in [0.15, 0.2) is 0 Å². The Bertz CT molecular complexity index is 847. The van der Waals surface area contributed by atoms with Gasteiger partial charge in [0.25, 0.3) is 5.91 Å². The van der Waals surface area contributed by atoms with Gasteiger partial charge in [-0.05, 0) is 67.3 Å². The Morgan fingerprint density at radius 2 is 1.73 bits per heavy atom. The van der Waals surface area contributed by atoms with E-state index in [4.69, 9.17) is 16.3 Å². The van der Waals surface area contributed by atoms with E-state index in [1.807, 2.05) is 4.90 Å². The molecule has 0 spiro atoms. The molecule has 0 aromatic heterocycles. The van der Waals surface area contributed by atoms with Crippen LogP contribution in [0.15, 0.2) is 48.5 Å². The number of rotatable bonds is 6. The minimum atomic E-state index is -0.237. The molecule has 2 aromatic carbocycles. The van der Waals surface area contributed by atoms with Crippen LogP contribution in [0.25, 0.3) is 0 Å². The molecule has 1 N–H and O–H groups in total. The van der Waals surface area contributed by atoms with Gasteiger partial charge in [-0.15, -0.1) is 0 Å². The first-order chi connectivity index (χ1) is 14.4. The van der Waals surface area contributed by atoms with Gasteiger partial charge in [-0.3, -0.25) is 4.79 Å². The summed E-state index contributed by atoms with van der Waals surface area (Å²) in [6, 6.07) is 13.9. The maximum atomic E-state index is 12.6. The van der Waals surface area contributed by atoms with Crippen LogP contribution in [0.1, 0.15) is 30.1 Å². The number of amides is 3. The molecule has 1 aliphatic heterocycles. The first-order valence-corrected chi connectivity index (χ1v) is 10.6. The van der Waals surface area contributed by atoms with Crippen LogP contribution < -0.4 is 10.1 Å². The molecular formula is C23H28ClN3O3. The van der Waals surface area contributed by atoms with Gasteiger partial charge in [0.1, 0.15) is 12.4 Å². The molecule has 1 saturated heterocycles. The van der Waals surface area contributed by atoms with Crippen LogP contribution in [-0.2, 0) is 0 Å². The third kappa shape index (κ3) is 6.13. The summed E-state index contributed by atoms with van der Waals surface area (Å²) in [5.74, 6) is 1.44. The number of carbonyl (C=O) groups is 2. The molecule has 3 rings (SSSR count). The van der Waals surface area contributed by atoms with E-state index in [1.165, 1.54) is 0 Å². The van der Waals surface area contributed by atoms with E-state index in [0.717, 1.165) is 25.9 Å². The Balaban J connectivity index is 1.45. The fourth-order valence-corrected chi connectivity index (χ4v) is 3.37. The number of urea groups is 1. The zero-order chi connectivity index (χ0) is 21.5. The summed E-state index contributed by atoms with van der Waals surface area (Å²) in [5, 5.41) is 3.49. The summed E-state index contributed by atoms with van der Waals surface area (Å²) >= 11 is 5.85. The van der Waals surface area contributed by atoms with Gasteiger partial charge in [-0.1, -0.05) is 18.5 Å². The van der Waals surface area contributed by atoms with E-state index in [0.29, 0.717) is 41.1 Å². The highest BCUT2D eigenvalue weighted by Gasteiger charge is 2.21. The minimum Gasteiger partial charge on any atom is -0.492 e. The third-order valence-corrected chi connectivity index (χ3v) is 5.56. The molecule has 6 nitrogen and oxygen atoms in total. The number of hydrogen-bond acceptors (Lipinski definition) is 3. The van der Waals surface area contributed by atoms with Crippen LogP contribution in [-0.4, -0.2) is 55.0 Å². The van der Waals surface area contributed by atoms with Crippen molar-refractivity contribution in [2.45, 2.75) is 19.8 Å². The van der Waals surface area contributed by atoms with Crippen molar-refractivity contribution in [3.05, 3.63) is 59.1 Å². The van der Waals surface area contributed by atoms with Gasteiger partial charge in [0, 0.05) is 36.4 Å². The van der Waals surface area contributed by atoms with Crippen molar-refractivity contribution in [1.29, 1.82) is 0 Å². The molecule has 0 radical (unpaired) electrons. The standard InChI is InChI=1S/C23H28ClN3O3/c1-17-11-13-27(14-12-17)22(28)18-3-7-20(8-4-18)25-23(29)26(2)15-16-30-21-9-5-19(24)6-10-21/h3-10,17H,11-16H2,1-2H3,(H,25,29). The summed E-state index contributed by atoms with van der Waals surface area (Å²) in [6.45, 7) is 4.63. The molecule has 7 heteroatoms. The van der Waals surface area contributed by atoms with E-state index in [-0.39, 0.29) is 11.9 Å². The summed E-state index contributed by atoms with van der Waals surface area (Å²) in [6.07, 6.45) is 2.10. The monoisotopic (exact) mass is 429 g/mol. The van der Waals surface area contributed by atoms with E-state index in [1.54, 1.807) is 60.5 Å². The van der Waals surface area contributed by atoms with Gasteiger partial charge >= 0.3 is 6.03 Å². The third-order valence-electron chi connectivity index (χ3n) is 5.31. The number of piperidine rings is 1. The predicted molar refractivity (Wildman–Crippen MR) is 119 cm³/mol. The Kier molecular flexibility index (Phi) is 7.57. The van der Waals surface area contributed by atoms with Crippen LogP contribution in [0.4, 0.5) is 10.5 Å². The number of likely N-dealkylation sites (N-methyl/N-ethyl adjacent to an activating group) is 1. The Morgan fingerprint density at radius 3 is 2.37 bits per heavy atom. The van der Waals surface area contributed by atoms with E-state index in [9.17, 15) is 9.59 Å². The number of likely N-dealkylation sites (tertiary alicyclic amines) is 1. The highest BCUT2D eigenvalue weighted by molar-refractivity contribution is 6.30. The number of ether oxygens (including phenoxy) is 1. The number of hydrogen-bond donors (Lipinski definition) is 1. The van der Waals surface area contributed by atoms with Crippen molar-refractivity contribution >= 4 is 29.2 Å². The van der Waals surface area contributed by atoms with Crippen molar-refractivity contribution in [2.24, 2.45) is 5.92 Å². The quantitative estimate of drug-likeness (QED) is 0.720. The number of benzene rings is 2. The zero-order valence-corrected chi connectivity index (χ0v) is 18.2. The summed E-state index contributed by atoms with van der Waals surface area (Å²) in [4.78, 5) is 28.4. The second kappa shape index (κ2) is 10.3. The molecule has 2 aromatic rings. The lowest BCUT2D eigenvalue weighted by Crippen LogP contribution is -2.37. The molecular weight excluding hydrogens is 402 g/mol. The number of carbonyl (C=O) groups excluding carboxylic acids is 2. The second-order valence-electron chi connectivity index (χ2n) is 7.71. The largest absolute Gasteiger partial charge is 0.492 e. The van der Waals surface area contributed by atoms with Crippen molar-refractivity contribution in [2.75, 3.05) is 38.6 Å². The van der Waals surface area contributed by atoms with Gasteiger partial charge in [0.05, 0.1) is 6.54 Å². The fourth-order valence-electron chi connectivity index (χ4n) is 3.24. The van der Waals surface area contributed by atoms with Crippen LogP contribution in [0.2, 0.25) is 5.02 Å². The highest BCUT2D eigenvalue weighted by Crippen LogP contribution is 2.19. The first-order valence-electron chi connectivity index (χ1n) is 10.2.